The van der Waals surface area contributed by atoms with E-state index >= 15 is 0 Å². The third kappa shape index (κ3) is 1.18. The summed E-state index contributed by atoms with van der Waals surface area (Å²) < 4.78 is 0. The minimum Gasteiger partial charge on any atom is -0.508 e. The van der Waals surface area contributed by atoms with E-state index in [4.69, 9.17) is 5.11 Å². The van der Waals surface area contributed by atoms with Crippen molar-refractivity contribution >= 4 is 6.08 Å². The zero-order chi connectivity index (χ0) is 7.56. The largest absolute Gasteiger partial charge is 0.508 e. The SMILES string of the molecule is [CH2]c1cc(C=C)ccc1O. The Hall–Kier alpha value is -1.24. The number of rotatable bonds is 1. The van der Waals surface area contributed by atoms with E-state index < -0.39 is 0 Å². The first-order chi connectivity index (χ1) is 4.74. The first-order valence-corrected chi connectivity index (χ1v) is 3.01. The topological polar surface area (TPSA) is 20.2 Å². The Balaban J connectivity index is 3.16. The molecule has 1 rings (SSSR count). The lowest BCUT2D eigenvalue weighted by Crippen LogP contribution is -1.75. The molecule has 0 saturated carbocycles. The molecule has 1 heteroatoms. The minimum absolute atomic E-state index is 0.227. The van der Waals surface area contributed by atoms with Crippen molar-refractivity contribution in [3.8, 4) is 5.75 Å². The van der Waals surface area contributed by atoms with Crippen molar-refractivity contribution in [1.82, 2.24) is 0 Å². The van der Waals surface area contributed by atoms with E-state index in [1.165, 1.54) is 0 Å². The van der Waals surface area contributed by atoms with E-state index in [1.807, 2.05) is 0 Å². The average Bonchev–Trinajstić information content (AvgIpc) is 1.95. The molecule has 0 atom stereocenters. The number of phenolic OH excluding ortho intramolecular Hbond substituents is 1. The van der Waals surface area contributed by atoms with Crippen LogP contribution in [0.1, 0.15) is 11.1 Å². The second-order valence-electron chi connectivity index (χ2n) is 2.09. The Kier molecular flexibility index (Phi) is 1.76. The molecule has 0 aliphatic rings. The van der Waals surface area contributed by atoms with E-state index in [9.17, 15) is 0 Å². The highest BCUT2D eigenvalue weighted by molar-refractivity contribution is 5.51. The third-order valence-corrected chi connectivity index (χ3v) is 1.34. The van der Waals surface area contributed by atoms with Gasteiger partial charge in [-0.05, 0) is 30.2 Å². The Morgan fingerprint density at radius 1 is 1.40 bits per heavy atom. The molecule has 0 aliphatic heterocycles. The third-order valence-electron chi connectivity index (χ3n) is 1.34. The van der Waals surface area contributed by atoms with Gasteiger partial charge in [-0.25, -0.2) is 0 Å². The summed E-state index contributed by atoms with van der Waals surface area (Å²) in [6.45, 7) is 7.22. The van der Waals surface area contributed by atoms with Crippen molar-refractivity contribution in [2.75, 3.05) is 0 Å². The summed E-state index contributed by atoms with van der Waals surface area (Å²) >= 11 is 0. The van der Waals surface area contributed by atoms with Crippen molar-refractivity contribution < 1.29 is 5.11 Å². The molecule has 10 heavy (non-hydrogen) atoms. The van der Waals surface area contributed by atoms with Gasteiger partial charge in [-0.2, -0.15) is 0 Å². The minimum atomic E-state index is 0.227. The fourth-order valence-electron chi connectivity index (χ4n) is 0.732. The number of aromatic hydroxyl groups is 1. The molecule has 1 nitrogen and oxygen atoms in total. The highest BCUT2D eigenvalue weighted by Crippen LogP contribution is 2.16. The van der Waals surface area contributed by atoms with Crippen LogP contribution < -0.4 is 0 Å². The van der Waals surface area contributed by atoms with Crippen LogP contribution in [0.15, 0.2) is 24.8 Å². The molecule has 51 valence electrons. The number of benzene rings is 1. The molecule has 1 N–H and O–H groups in total. The van der Waals surface area contributed by atoms with E-state index in [2.05, 4.69) is 13.5 Å². The molecule has 0 aromatic heterocycles. The van der Waals surface area contributed by atoms with Crippen LogP contribution in [0.2, 0.25) is 0 Å². The van der Waals surface area contributed by atoms with Crippen LogP contribution in [0, 0.1) is 6.92 Å². The molecule has 1 aromatic rings. The lowest BCUT2D eigenvalue weighted by atomic mass is 10.1. The lowest BCUT2D eigenvalue weighted by Gasteiger charge is -1.97. The molecule has 0 unspecified atom stereocenters. The Morgan fingerprint density at radius 3 is 2.60 bits per heavy atom. The fraction of sp³-hybridized carbons (Fsp3) is 0. The maximum absolute atomic E-state index is 9.04. The second kappa shape index (κ2) is 2.56. The smallest absolute Gasteiger partial charge is 0.118 e. The van der Waals surface area contributed by atoms with E-state index in [1.54, 1.807) is 24.3 Å². The molecule has 0 spiro atoms. The summed E-state index contributed by atoms with van der Waals surface area (Å²) in [7, 11) is 0. The Morgan fingerprint density at radius 2 is 2.10 bits per heavy atom. The molecule has 0 fully saturated rings. The van der Waals surface area contributed by atoms with Gasteiger partial charge in [-0.3, -0.25) is 0 Å². The predicted octanol–water partition coefficient (Wildman–Crippen LogP) is 2.22. The summed E-state index contributed by atoms with van der Waals surface area (Å²) in [5.41, 5.74) is 1.61. The molecule has 0 amide bonds. The fourth-order valence-corrected chi connectivity index (χ4v) is 0.732. The van der Waals surface area contributed by atoms with Crippen LogP contribution in [0.3, 0.4) is 0 Å². The van der Waals surface area contributed by atoms with Gasteiger partial charge in [0.25, 0.3) is 0 Å². The first kappa shape index (κ1) is 6.87. The van der Waals surface area contributed by atoms with Gasteiger partial charge < -0.3 is 5.11 Å². The summed E-state index contributed by atoms with van der Waals surface area (Å²) in [5, 5.41) is 9.04. The van der Waals surface area contributed by atoms with Gasteiger partial charge in [0.05, 0.1) is 0 Å². The highest BCUT2D eigenvalue weighted by Gasteiger charge is 1.93. The molecular formula is C9H9O. The van der Waals surface area contributed by atoms with E-state index in [0.29, 0.717) is 5.56 Å². The zero-order valence-corrected chi connectivity index (χ0v) is 5.67. The number of phenols is 1. The average molecular weight is 133 g/mol. The van der Waals surface area contributed by atoms with Gasteiger partial charge in [0, 0.05) is 0 Å². The molecule has 1 radical (unpaired) electrons. The zero-order valence-electron chi connectivity index (χ0n) is 5.67. The Labute approximate surface area is 60.6 Å². The second-order valence-corrected chi connectivity index (χ2v) is 2.09. The lowest BCUT2D eigenvalue weighted by molar-refractivity contribution is 0.473. The molecule has 0 bridgehead atoms. The molecule has 0 aliphatic carbocycles. The van der Waals surface area contributed by atoms with Crippen LogP contribution >= 0.6 is 0 Å². The van der Waals surface area contributed by atoms with E-state index in [0.717, 1.165) is 5.56 Å². The van der Waals surface area contributed by atoms with Gasteiger partial charge in [-0.15, -0.1) is 0 Å². The van der Waals surface area contributed by atoms with Crippen molar-refractivity contribution in [3.05, 3.63) is 42.8 Å². The van der Waals surface area contributed by atoms with Crippen LogP contribution in [0.4, 0.5) is 0 Å². The molecule has 0 heterocycles. The maximum atomic E-state index is 9.04. The first-order valence-electron chi connectivity index (χ1n) is 3.01. The summed E-state index contributed by atoms with van der Waals surface area (Å²) in [4.78, 5) is 0. The van der Waals surface area contributed by atoms with E-state index in [-0.39, 0.29) is 5.75 Å². The summed E-state index contributed by atoms with van der Waals surface area (Å²) in [6, 6.07) is 5.18. The van der Waals surface area contributed by atoms with Crippen LogP contribution in [-0.4, -0.2) is 5.11 Å². The number of hydrogen-bond acceptors (Lipinski definition) is 1. The monoisotopic (exact) mass is 133 g/mol. The Bertz CT molecular complexity index is 251. The van der Waals surface area contributed by atoms with Gasteiger partial charge in [0.2, 0.25) is 0 Å². The van der Waals surface area contributed by atoms with Gasteiger partial charge in [-0.1, -0.05) is 18.7 Å². The standard InChI is InChI=1S/C9H9O/c1-3-8-4-5-9(10)7(2)6-8/h3-6,10H,1-2H2. The maximum Gasteiger partial charge on any atom is 0.118 e. The van der Waals surface area contributed by atoms with Gasteiger partial charge >= 0.3 is 0 Å². The molecule has 1 aromatic carbocycles. The summed E-state index contributed by atoms with van der Waals surface area (Å²) in [5.74, 6) is 0.227. The van der Waals surface area contributed by atoms with Crippen LogP contribution in [0.25, 0.3) is 6.08 Å². The van der Waals surface area contributed by atoms with Crippen LogP contribution in [0.5, 0.6) is 5.75 Å². The van der Waals surface area contributed by atoms with Crippen molar-refractivity contribution in [3.63, 3.8) is 0 Å². The van der Waals surface area contributed by atoms with Gasteiger partial charge in [0.15, 0.2) is 0 Å². The molecular weight excluding hydrogens is 124 g/mol. The van der Waals surface area contributed by atoms with Crippen LogP contribution in [-0.2, 0) is 0 Å². The highest BCUT2D eigenvalue weighted by atomic mass is 16.3. The van der Waals surface area contributed by atoms with Crippen molar-refractivity contribution in [2.45, 2.75) is 0 Å². The summed E-state index contributed by atoms with van der Waals surface area (Å²) in [6.07, 6.45) is 1.72. The predicted molar refractivity (Wildman–Crippen MR) is 42.7 cm³/mol. The normalized spacial score (nSPS) is 9.30. The quantitative estimate of drug-likeness (QED) is 0.622. The van der Waals surface area contributed by atoms with Crippen molar-refractivity contribution in [2.24, 2.45) is 0 Å². The van der Waals surface area contributed by atoms with Crippen molar-refractivity contribution in [1.29, 1.82) is 0 Å². The van der Waals surface area contributed by atoms with Gasteiger partial charge in [0.1, 0.15) is 5.75 Å². The number of hydrogen-bond donors (Lipinski definition) is 1. The molecule has 0 saturated heterocycles.